The first kappa shape index (κ1) is 19.6. The van der Waals surface area contributed by atoms with Crippen molar-refractivity contribution in [1.29, 1.82) is 0 Å². The molecule has 1 amide bonds. The van der Waals surface area contributed by atoms with Crippen LogP contribution in [0.1, 0.15) is 43.7 Å². The summed E-state index contributed by atoms with van der Waals surface area (Å²) in [5.74, 6) is 5.34. The van der Waals surface area contributed by atoms with Crippen LogP contribution in [0.3, 0.4) is 0 Å². The van der Waals surface area contributed by atoms with Crippen molar-refractivity contribution in [1.82, 2.24) is 20.4 Å². The first-order valence-corrected chi connectivity index (χ1v) is 7.28. The highest BCUT2D eigenvalue weighted by Crippen LogP contribution is 2.13. The number of carbonyl (C=O) groups is 1. The predicted octanol–water partition coefficient (Wildman–Crippen LogP) is 2.05. The van der Waals surface area contributed by atoms with Crippen LogP contribution in [0.25, 0.3) is 0 Å². The third kappa shape index (κ3) is 6.36. The fourth-order valence-corrected chi connectivity index (χ4v) is 1.40. The van der Waals surface area contributed by atoms with E-state index in [2.05, 4.69) is 15.7 Å². The number of nitrogen functional groups attached to an aromatic ring is 1. The molecule has 1 aromatic carbocycles. The maximum Gasteiger partial charge on any atom is 0.265 e. The van der Waals surface area contributed by atoms with E-state index in [1.165, 1.54) is 0 Å². The Balaban J connectivity index is 0.00000102. The van der Waals surface area contributed by atoms with Crippen molar-refractivity contribution in [3.63, 3.8) is 0 Å². The summed E-state index contributed by atoms with van der Waals surface area (Å²) in [4.78, 5) is 11.2. The second kappa shape index (κ2) is 11.3. The van der Waals surface area contributed by atoms with Gasteiger partial charge in [0, 0.05) is 12.6 Å². The Morgan fingerprint density at radius 2 is 1.82 bits per heavy atom. The first-order chi connectivity index (χ1) is 10.7. The largest absolute Gasteiger partial charge is 0.487 e. The summed E-state index contributed by atoms with van der Waals surface area (Å²) in [5.41, 5.74) is 3.27. The maximum atomic E-state index is 11.2. The zero-order valence-corrected chi connectivity index (χ0v) is 13.8. The van der Waals surface area contributed by atoms with Crippen molar-refractivity contribution in [2.45, 2.75) is 34.3 Å². The minimum absolute atomic E-state index is 0.330. The van der Waals surface area contributed by atoms with Crippen LogP contribution < -0.4 is 16.0 Å². The van der Waals surface area contributed by atoms with Gasteiger partial charge in [-0.25, -0.2) is 5.84 Å². The van der Waals surface area contributed by atoms with E-state index >= 15 is 0 Å². The molecular formula is C15H25N5O2. The molecule has 0 aliphatic carbocycles. The predicted molar refractivity (Wildman–Crippen MR) is 86.1 cm³/mol. The quantitative estimate of drug-likeness (QED) is 0.512. The fourth-order valence-electron chi connectivity index (χ4n) is 1.40. The average molecular weight is 307 g/mol. The van der Waals surface area contributed by atoms with E-state index in [1.807, 2.05) is 27.7 Å². The number of benzene rings is 1. The lowest BCUT2D eigenvalue weighted by atomic mass is 10.2. The molecule has 7 nitrogen and oxygen atoms in total. The topological polar surface area (TPSA) is 95.1 Å². The number of ether oxygens (including phenoxy) is 1. The molecule has 122 valence electrons. The number of aryl methyl sites for hydroxylation is 1. The maximum absolute atomic E-state index is 11.2. The molecule has 0 bridgehead atoms. The van der Waals surface area contributed by atoms with Gasteiger partial charge in [-0.15, -0.1) is 5.10 Å². The van der Waals surface area contributed by atoms with Gasteiger partial charge < -0.3 is 4.74 Å². The highest BCUT2D eigenvalue weighted by Gasteiger charge is 2.04. The Bertz CT molecular complexity index is 537. The second-order valence-electron chi connectivity index (χ2n) is 3.67. The molecule has 0 radical (unpaired) electrons. The molecule has 0 aliphatic heterocycles. The number of hydrogen-bond acceptors (Lipinski definition) is 5. The van der Waals surface area contributed by atoms with Crippen molar-refractivity contribution >= 4 is 5.91 Å². The van der Waals surface area contributed by atoms with Crippen molar-refractivity contribution in [3.8, 4) is 5.75 Å². The first-order valence-electron chi connectivity index (χ1n) is 7.28. The zero-order valence-electron chi connectivity index (χ0n) is 13.8. The average Bonchev–Trinajstić information content (AvgIpc) is 3.02. The van der Waals surface area contributed by atoms with Gasteiger partial charge in [-0.05, 0) is 24.3 Å². The van der Waals surface area contributed by atoms with Gasteiger partial charge in [0.05, 0.1) is 6.20 Å². The van der Waals surface area contributed by atoms with Crippen LogP contribution in [0.4, 0.5) is 0 Å². The van der Waals surface area contributed by atoms with Crippen LogP contribution in [0, 0.1) is 0 Å². The van der Waals surface area contributed by atoms with Gasteiger partial charge in [0.2, 0.25) is 0 Å². The lowest BCUT2D eigenvalue weighted by Gasteiger charge is -2.04. The third-order valence-electron chi connectivity index (χ3n) is 2.28. The Morgan fingerprint density at radius 3 is 2.27 bits per heavy atom. The number of nitrogens with two attached hydrogens (primary N) is 1. The number of aromatic nitrogens is 3. The molecule has 0 saturated carbocycles. The van der Waals surface area contributed by atoms with Crippen LogP contribution in [-0.2, 0) is 13.7 Å². The Hall–Kier alpha value is -2.41. The molecule has 0 spiro atoms. The monoisotopic (exact) mass is 307 g/mol. The van der Waals surface area contributed by atoms with Crippen molar-refractivity contribution in [2.24, 2.45) is 12.9 Å². The van der Waals surface area contributed by atoms with Crippen LogP contribution in [-0.4, -0.2) is 20.9 Å². The lowest BCUT2D eigenvalue weighted by molar-refractivity contribution is 0.0953. The summed E-state index contributed by atoms with van der Waals surface area (Å²) in [6, 6.07) is 6.66. The molecule has 2 rings (SSSR count). The summed E-state index contributed by atoms with van der Waals surface area (Å²) in [7, 11) is 1.79. The minimum Gasteiger partial charge on any atom is -0.487 e. The van der Waals surface area contributed by atoms with Crippen molar-refractivity contribution in [2.75, 3.05) is 0 Å². The Morgan fingerprint density at radius 1 is 1.23 bits per heavy atom. The highest BCUT2D eigenvalue weighted by atomic mass is 16.5. The molecule has 22 heavy (non-hydrogen) atoms. The van der Waals surface area contributed by atoms with Gasteiger partial charge in [0.25, 0.3) is 5.91 Å². The van der Waals surface area contributed by atoms with Gasteiger partial charge in [-0.2, -0.15) is 0 Å². The normalized spacial score (nSPS) is 8.82. The van der Waals surface area contributed by atoms with E-state index < -0.39 is 0 Å². The van der Waals surface area contributed by atoms with E-state index in [9.17, 15) is 4.79 Å². The van der Waals surface area contributed by atoms with E-state index in [-0.39, 0.29) is 5.91 Å². The van der Waals surface area contributed by atoms with Crippen molar-refractivity contribution < 1.29 is 9.53 Å². The van der Waals surface area contributed by atoms with Crippen LogP contribution in [0.5, 0.6) is 5.75 Å². The number of nitrogens with zero attached hydrogens (tertiary/aromatic N) is 3. The van der Waals surface area contributed by atoms with Crippen LogP contribution in [0.2, 0.25) is 0 Å². The summed E-state index contributed by atoms with van der Waals surface area (Å²) in [5, 5.41) is 7.69. The number of amides is 1. The Labute approximate surface area is 131 Å². The van der Waals surface area contributed by atoms with Gasteiger partial charge in [0.1, 0.15) is 18.1 Å². The summed E-state index contributed by atoms with van der Waals surface area (Å²) in [6.45, 7) is 8.33. The summed E-state index contributed by atoms with van der Waals surface area (Å²) < 4.78 is 7.10. The number of nitrogens with one attached hydrogen (secondary N) is 1. The number of rotatable bonds is 4. The lowest BCUT2D eigenvalue weighted by Crippen LogP contribution is -2.29. The molecular weight excluding hydrogens is 282 g/mol. The standard InChI is InChI=1S/C11H13N5O2.2C2H6/c1-16-6-9(14-15-16)7-18-10-4-2-8(3-5-10)11(17)13-12;2*1-2/h2-6H,7,12H2,1H3,(H,13,17);2*1-2H3. The van der Waals surface area contributed by atoms with E-state index in [4.69, 9.17) is 10.6 Å². The molecule has 1 aromatic heterocycles. The number of carbonyl (C=O) groups excluding carboxylic acids is 1. The third-order valence-corrected chi connectivity index (χ3v) is 2.28. The van der Waals surface area contributed by atoms with Gasteiger partial charge in [0.15, 0.2) is 0 Å². The second-order valence-corrected chi connectivity index (χ2v) is 3.67. The van der Waals surface area contributed by atoms with Crippen LogP contribution >= 0.6 is 0 Å². The van der Waals surface area contributed by atoms with Gasteiger partial charge >= 0.3 is 0 Å². The smallest absolute Gasteiger partial charge is 0.265 e. The highest BCUT2D eigenvalue weighted by molar-refractivity contribution is 5.93. The molecule has 2 aromatic rings. The molecule has 0 unspecified atom stereocenters. The van der Waals surface area contributed by atoms with E-state index in [0.29, 0.717) is 17.9 Å². The molecule has 3 N–H and O–H groups in total. The number of hydrogen-bond donors (Lipinski definition) is 2. The molecule has 7 heteroatoms. The van der Waals surface area contributed by atoms with Crippen molar-refractivity contribution in [3.05, 3.63) is 41.7 Å². The van der Waals surface area contributed by atoms with Crippen LogP contribution in [0.15, 0.2) is 30.5 Å². The van der Waals surface area contributed by atoms with Gasteiger partial charge in [-0.1, -0.05) is 32.9 Å². The zero-order chi connectivity index (χ0) is 17.0. The SMILES string of the molecule is CC.CC.Cn1cc(COc2ccc(C(=O)NN)cc2)nn1. The molecule has 0 fully saturated rings. The summed E-state index contributed by atoms with van der Waals surface area (Å²) in [6.07, 6.45) is 1.77. The Kier molecular flexibility index (Phi) is 10.0. The van der Waals surface area contributed by atoms with E-state index in [1.54, 1.807) is 42.2 Å². The molecule has 0 aliphatic rings. The van der Waals surface area contributed by atoms with E-state index in [0.717, 1.165) is 5.69 Å². The minimum atomic E-state index is -0.338. The summed E-state index contributed by atoms with van der Waals surface area (Å²) >= 11 is 0. The number of hydrazine groups is 1. The molecule has 0 saturated heterocycles. The fraction of sp³-hybridized carbons (Fsp3) is 0.400. The van der Waals surface area contributed by atoms with Gasteiger partial charge in [-0.3, -0.25) is 14.9 Å². The molecule has 1 heterocycles. The molecule has 0 atom stereocenters.